The molecule has 232 valence electrons. The van der Waals surface area contributed by atoms with Crippen molar-refractivity contribution in [3.8, 4) is 62.9 Å². The molecule has 1 aliphatic carbocycles. The van der Waals surface area contributed by atoms with Crippen molar-refractivity contribution in [3.63, 3.8) is 0 Å². The van der Waals surface area contributed by atoms with Gasteiger partial charge < -0.3 is 4.74 Å². The lowest BCUT2D eigenvalue weighted by molar-refractivity contribution is 0.436. The first-order valence-corrected chi connectivity index (χ1v) is 16.6. The molecule has 0 atom stereocenters. The standard InChI is InChI=1S/C45H26N4O/c46-27-28-23-24-33-37(25-28)45(35-19-9-11-21-39(35)50-40-22-12-10-20-36(40)45)38-26-34(31-17-7-8-18-32(31)41(33)38)44-48-42(29-13-3-1-4-14-29)47-43(49-44)30-15-5-2-6-16-30/h1-26H. The lowest BCUT2D eigenvalue weighted by Crippen LogP contribution is -2.32. The molecule has 1 aromatic heterocycles. The molecule has 0 bridgehead atoms. The summed E-state index contributed by atoms with van der Waals surface area (Å²) in [5.41, 5.74) is 9.03. The number of nitrogens with zero attached hydrogens (tertiary/aromatic N) is 4. The van der Waals surface area contributed by atoms with Crippen molar-refractivity contribution in [2.45, 2.75) is 5.41 Å². The van der Waals surface area contributed by atoms with E-state index < -0.39 is 5.41 Å². The lowest BCUT2D eigenvalue weighted by atomic mass is 9.65. The molecule has 8 aromatic rings. The van der Waals surface area contributed by atoms with Gasteiger partial charge in [0.2, 0.25) is 0 Å². The summed E-state index contributed by atoms with van der Waals surface area (Å²) in [6, 6.07) is 55.9. The van der Waals surface area contributed by atoms with Gasteiger partial charge in [0.15, 0.2) is 17.5 Å². The monoisotopic (exact) mass is 638 g/mol. The van der Waals surface area contributed by atoms with Crippen LogP contribution in [0.15, 0.2) is 158 Å². The van der Waals surface area contributed by atoms with Gasteiger partial charge in [0.25, 0.3) is 0 Å². The summed E-state index contributed by atoms with van der Waals surface area (Å²) in [5, 5.41) is 12.3. The fraction of sp³-hybridized carbons (Fsp3) is 0.0222. The van der Waals surface area contributed by atoms with Crippen LogP contribution in [0.1, 0.15) is 27.8 Å². The zero-order valence-electron chi connectivity index (χ0n) is 26.7. The average molecular weight is 639 g/mol. The molecule has 5 heteroatoms. The number of fused-ring (bicyclic) bond motifs is 11. The Morgan fingerprint density at radius 3 is 1.62 bits per heavy atom. The van der Waals surface area contributed by atoms with E-state index in [1.54, 1.807) is 0 Å². The number of rotatable bonds is 3. The average Bonchev–Trinajstić information content (AvgIpc) is 3.48. The van der Waals surface area contributed by atoms with Crippen LogP contribution in [0.4, 0.5) is 0 Å². The van der Waals surface area contributed by atoms with Crippen molar-refractivity contribution >= 4 is 10.8 Å². The van der Waals surface area contributed by atoms with Crippen LogP contribution in [0.25, 0.3) is 56.1 Å². The first-order chi connectivity index (χ1) is 24.7. The van der Waals surface area contributed by atoms with Gasteiger partial charge in [-0.2, -0.15) is 5.26 Å². The van der Waals surface area contributed by atoms with E-state index in [1.165, 1.54) is 0 Å². The van der Waals surface area contributed by atoms with E-state index >= 15 is 0 Å². The van der Waals surface area contributed by atoms with Crippen LogP contribution in [-0.4, -0.2) is 15.0 Å². The quantitative estimate of drug-likeness (QED) is 0.193. The zero-order valence-corrected chi connectivity index (χ0v) is 26.7. The third-order valence-electron chi connectivity index (χ3n) is 10.0. The lowest BCUT2D eigenvalue weighted by Gasteiger charge is -2.39. The van der Waals surface area contributed by atoms with Gasteiger partial charge in [-0.05, 0) is 63.4 Å². The number of nitriles is 1. The first kappa shape index (κ1) is 28.1. The number of hydrogen-bond acceptors (Lipinski definition) is 5. The van der Waals surface area contributed by atoms with Gasteiger partial charge >= 0.3 is 0 Å². The Morgan fingerprint density at radius 1 is 0.460 bits per heavy atom. The minimum atomic E-state index is -0.765. The minimum absolute atomic E-state index is 0.592. The smallest absolute Gasteiger partial charge is 0.164 e. The van der Waals surface area contributed by atoms with Crippen molar-refractivity contribution < 1.29 is 4.74 Å². The first-order valence-electron chi connectivity index (χ1n) is 16.6. The number of ether oxygens (including phenoxy) is 1. The van der Waals surface area contributed by atoms with Crippen LogP contribution >= 0.6 is 0 Å². The fourth-order valence-electron chi connectivity index (χ4n) is 7.94. The van der Waals surface area contributed by atoms with Gasteiger partial charge in [0.1, 0.15) is 11.5 Å². The van der Waals surface area contributed by atoms with E-state index in [0.29, 0.717) is 23.0 Å². The van der Waals surface area contributed by atoms with Crippen molar-refractivity contribution in [2.24, 2.45) is 0 Å². The van der Waals surface area contributed by atoms with E-state index in [1.807, 2.05) is 91.0 Å². The molecule has 0 unspecified atom stereocenters. The topological polar surface area (TPSA) is 71.7 Å². The van der Waals surface area contributed by atoms with Gasteiger partial charge in [-0.15, -0.1) is 0 Å². The SMILES string of the molecule is N#Cc1ccc2c(c1)C1(c3ccccc3Oc3ccccc31)c1cc(-c3nc(-c4ccccc4)nc(-c4ccccc4)n3)c3ccccc3c1-2. The van der Waals surface area contributed by atoms with Crippen molar-refractivity contribution in [2.75, 3.05) is 0 Å². The van der Waals surface area contributed by atoms with Crippen LogP contribution in [0.3, 0.4) is 0 Å². The molecular weight excluding hydrogens is 613 g/mol. The Hall–Kier alpha value is -6.90. The van der Waals surface area contributed by atoms with E-state index in [-0.39, 0.29) is 0 Å². The van der Waals surface area contributed by atoms with Crippen LogP contribution < -0.4 is 4.74 Å². The highest BCUT2D eigenvalue weighted by Crippen LogP contribution is 2.63. The molecule has 1 spiro atoms. The molecular formula is C45H26N4O. The molecule has 0 radical (unpaired) electrons. The Balaban J connectivity index is 1.36. The molecule has 1 aliphatic heterocycles. The van der Waals surface area contributed by atoms with Crippen molar-refractivity contribution in [1.29, 1.82) is 5.26 Å². The van der Waals surface area contributed by atoms with E-state index in [9.17, 15) is 5.26 Å². The molecule has 5 nitrogen and oxygen atoms in total. The largest absolute Gasteiger partial charge is 0.457 e. The zero-order chi connectivity index (χ0) is 33.2. The van der Waals surface area contributed by atoms with E-state index in [0.717, 1.165) is 72.3 Å². The third-order valence-corrected chi connectivity index (χ3v) is 10.0. The Morgan fingerprint density at radius 2 is 1.00 bits per heavy atom. The Labute approximate surface area is 288 Å². The molecule has 0 fully saturated rings. The number of benzene rings is 7. The van der Waals surface area contributed by atoms with Crippen molar-refractivity contribution in [1.82, 2.24) is 15.0 Å². The fourth-order valence-corrected chi connectivity index (χ4v) is 7.94. The molecule has 50 heavy (non-hydrogen) atoms. The second-order valence-corrected chi connectivity index (χ2v) is 12.6. The third kappa shape index (κ3) is 3.97. The van der Waals surface area contributed by atoms with Crippen LogP contribution in [0.5, 0.6) is 11.5 Å². The summed E-state index contributed by atoms with van der Waals surface area (Å²) in [6.45, 7) is 0. The Kier molecular flexibility index (Phi) is 6.09. The Bertz CT molecular complexity index is 2590. The summed E-state index contributed by atoms with van der Waals surface area (Å²) in [7, 11) is 0. The highest BCUT2D eigenvalue weighted by atomic mass is 16.5. The van der Waals surface area contributed by atoms with Crippen LogP contribution in [-0.2, 0) is 5.41 Å². The maximum Gasteiger partial charge on any atom is 0.164 e. The number of aromatic nitrogens is 3. The molecule has 0 N–H and O–H groups in total. The predicted molar refractivity (Wildman–Crippen MR) is 196 cm³/mol. The maximum absolute atomic E-state index is 10.2. The molecule has 0 saturated heterocycles. The molecule has 7 aromatic carbocycles. The summed E-state index contributed by atoms with van der Waals surface area (Å²) in [5.74, 6) is 3.39. The van der Waals surface area contributed by atoms with Gasteiger partial charge in [-0.3, -0.25) is 0 Å². The highest BCUT2D eigenvalue weighted by Gasteiger charge is 2.52. The molecule has 2 heterocycles. The van der Waals surface area contributed by atoms with E-state index in [2.05, 4.69) is 72.8 Å². The highest BCUT2D eigenvalue weighted by molar-refractivity contribution is 6.10. The maximum atomic E-state index is 10.2. The van der Waals surface area contributed by atoms with Gasteiger partial charge in [0.05, 0.1) is 17.0 Å². The normalized spacial score (nSPS) is 13.1. The molecule has 0 saturated carbocycles. The van der Waals surface area contributed by atoms with Gasteiger partial charge in [-0.1, -0.05) is 127 Å². The van der Waals surface area contributed by atoms with Gasteiger partial charge in [0, 0.05) is 27.8 Å². The number of para-hydroxylation sites is 2. The van der Waals surface area contributed by atoms with Crippen molar-refractivity contribution in [3.05, 3.63) is 186 Å². The van der Waals surface area contributed by atoms with E-state index in [4.69, 9.17) is 19.7 Å². The number of hydrogen-bond donors (Lipinski definition) is 0. The summed E-state index contributed by atoms with van der Waals surface area (Å²) < 4.78 is 6.58. The predicted octanol–water partition coefficient (Wildman–Crippen LogP) is 10.4. The minimum Gasteiger partial charge on any atom is -0.457 e. The summed E-state index contributed by atoms with van der Waals surface area (Å²) >= 11 is 0. The second kappa shape index (κ2) is 10.8. The molecule has 10 rings (SSSR count). The van der Waals surface area contributed by atoms with Gasteiger partial charge in [-0.25, -0.2) is 15.0 Å². The van der Waals surface area contributed by atoms with Crippen LogP contribution in [0, 0.1) is 11.3 Å². The summed E-state index contributed by atoms with van der Waals surface area (Å²) in [6.07, 6.45) is 0. The molecule has 2 aliphatic rings. The van der Waals surface area contributed by atoms with Crippen LogP contribution in [0.2, 0.25) is 0 Å². The second-order valence-electron chi connectivity index (χ2n) is 12.6. The molecule has 0 amide bonds. The summed E-state index contributed by atoms with van der Waals surface area (Å²) in [4.78, 5) is 15.3.